The molecule has 1 nitrogen and oxygen atoms in total. The number of anilines is 3. The van der Waals surface area contributed by atoms with Crippen molar-refractivity contribution in [3.8, 4) is 33.4 Å². The first-order chi connectivity index (χ1) is 27.3. The highest BCUT2D eigenvalue weighted by Gasteiger charge is 2.18. The average Bonchev–Trinajstić information content (AvgIpc) is 3.84. The van der Waals surface area contributed by atoms with Gasteiger partial charge in [-0.2, -0.15) is 0 Å². The van der Waals surface area contributed by atoms with Gasteiger partial charge in [0.1, 0.15) is 0 Å². The first-order valence-electron chi connectivity index (χ1n) is 18.7. The molecule has 3 heteroatoms. The van der Waals surface area contributed by atoms with E-state index in [0.29, 0.717) is 0 Å². The first kappa shape index (κ1) is 32.0. The van der Waals surface area contributed by atoms with Crippen molar-refractivity contribution in [2.24, 2.45) is 0 Å². The lowest BCUT2D eigenvalue weighted by Crippen LogP contribution is -2.10. The van der Waals surface area contributed by atoms with Gasteiger partial charge in [-0.3, -0.25) is 0 Å². The molecule has 0 amide bonds. The maximum absolute atomic E-state index is 2.39. The number of rotatable bonds is 6. The van der Waals surface area contributed by atoms with Crippen LogP contribution in [-0.2, 0) is 0 Å². The van der Waals surface area contributed by atoms with Gasteiger partial charge in [-0.15, -0.1) is 22.7 Å². The number of hydrogen-bond acceptors (Lipinski definition) is 3. The third-order valence-electron chi connectivity index (χ3n) is 10.9. The zero-order valence-corrected chi connectivity index (χ0v) is 31.4. The summed E-state index contributed by atoms with van der Waals surface area (Å²) in [5.74, 6) is 0. The SMILES string of the molecule is c1ccc(-c2ccc(N(c3ccc(-c4cccc5sc6c7ccccc7ccc6c45)cc3)c3cccc(-c4cccc5sc6ccccc6c45)c3)cc2)cc1. The van der Waals surface area contributed by atoms with E-state index in [-0.39, 0.29) is 0 Å². The molecule has 2 aromatic heterocycles. The van der Waals surface area contributed by atoms with Gasteiger partial charge in [0, 0.05) is 57.4 Å². The van der Waals surface area contributed by atoms with Crippen molar-refractivity contribution < 1.29 is 0 Å². The monoisotopic (exact) mass is 735 g/mol. The van der Waals surface area contributed by atoms with Gasteiger partial charge in [0.2, 0.25) is 0 Å². The van der Waals surface area contributed by atoms with Crippen LogP contribution in [0.2, 0.25) is 0 Å². The van der Waals surface area contributed by atoms with Crippen LogP contribution in [0.3, 0.4) is 0 Å². The molecule has 9 aromatic carbocycles. The van der Waals surface area contributed by atoms with E-state index in [1.165, 1.54) is 84.5 Å². The van der Waals surface area contributed by atoms with E-state index in [1.54, 1.807) is 0 Å². The largest absolute Gasteiger partial charge is 0.310 e. The van der Waals surface area contributed by atoms with Gasteiger partial charge in [0.05, 0.1) is 0 Å². The normalized spacial score (nSPS) is 11.6. The van der Waals surface area contributed by atoms with Crippen LogP contribution in [0, 0.1) is 0 Å². The standard InChI is InChI=1S/C52H33NS2/c1-2-11-34(12-3-1)35-23-28-39(29-24-35)53(41-15-8-14-38(33-41)43-19-10-21-48-50(43)45-17-6-7-20-47(45)54-48)40-30-25-37(26-31-40)42-18-9-22-49-51(42)46-32-27-36-13-4-5-16-44(36)52(46)55-49/h1-33H. The van der Waals surface area contributed by atoms with E-state index >= 15 is 0 Å². The van der Waals surface area contributed by atoms with Crippen LogP contribution >= 0.6 is 22.7 Å². The second-order valence-electron chi connectivity index (χ2n) is 14.1. The number of benzene rings is 9. The number of fused-ring (bicyclic) bond motifs is 8. The lowest BCUT2D eigenvalue weighted by molar-refractivity contribution is 1.28. The molecule has 0 spiro atoms. The van der Waals surface area contributed by atoms with Gasteiger partial charge in [0.15, 0.2) is 0 Å². The summed E-state index contributed by atoms with van der Waals surface area (Å²) in [6.45, 7) is 0. The van der Waals surface area contributed by atoms with Crippen molar-refractivity contribution in [2.45, 2.75) is 0 Å². The number of thiophene rings is 2. The van der Waals surface area contributed by atoms with Crippen molar-refractivity contribution in [1.82, 2.24) is 0 Å². The second kappa shape index (κ2) is 13.1. The summed E-state index contributed by atoms with van der Waals surface area (Å²) >= 11 is 3.76. The minimum Gasteiger partial charge on any atom is -0.310 e. The van der Waals surface area contributed by atoms with Crippen molar-refractivity contribution in [3.05, 3.63) is 200 Å². The van der Waals surface area contributed by atoms with E-state index in [4.69, 9.17) is 0 Å². The van der Waals surface area contributed by atoms with E-state index in [0.717, 1.165) is 17.1 Å². The highest BCUT2D eigenvalue weighted by atomic mass is 32.1. The Morgan fingerprint density at radius 2 is 0.873 bits per heavy atom. The van der Waals surface area contributed by atoms with E-state index in [2.05, 4.69) is 205 Å². The molecular weight excluding hydrogens is 703 g/mol. The minimum absolute atomic E-state index is 1.11. The molecule has 0 saturated carbocycles. The Labute approximate surface area is 327 Å². The molecule has 0 aliphatic heterocycles. The Kier molecular flexibility index (Phi) is 7.61. The average molecular weight is 736 g/mol. The van der Waals surface area contributed by atoms with Crippen LogP contribution in [-0.4, -0.2) is 0 Å². The Balaban J connectivity index is 1.04. The van der Waals surface area contributed by atoms with Crippen LogP contribution in [0.1, 0.15) is 0 Å². The zero-order chi connectivity index (χ0) is 36.3. The quantitative estimate of drug-likeness (QED) is 0.164. The molecule has 0 radical (unpaired) electrons. The fourth-order valence-corrected chi connectivity index (χ4v) is 10.7. The number of nitrogens with zero attached hydrogens (tertiary/aromatic N) is 1. The van der Waals surface area contributed by atoms with Crippen LogP contribution in [0.5, 0.6) is 0 Å². The van der Waals surface area contributed by atoms with Gasteiger partial charge in [0.25, 0.3) is 0 Å². The van der Waals surface area contributed by atoms with Crippen LogP contribution < -0.4 is 4.90 Å². The Hall–Kier alpha value is -6.52. The maximum Gasteiger partial charge on any atom is 0.0467 e. The molecular formula is C52H33NS2. The molecule has 0 atom stereocenters. The summed E-state index contributed by atoms with van der Waals surface area (Å²) in [5.41, 5.74) is 10.7. The van der Waals surface area contributed by atoms with Crippen molar-refractivity contribution in [1.29, 1.82) is 0 Å². The molecule has 11 rings (SSSR count). The van der Waals surface area contributed by atoms with Crippen LogP contribution in [0.4, 0.5) is 17.1 Å². The second-order valence-corrected chi connectivity index (χ2v) is 16.2. The predicted molar refractivity (Wildman–Crippen MR) is 241 cm³/mol. The molecule has 0 fully saturated rings. The molecule has 258 valence electrons. The summed E-state index contributed by atoms with van der Waals surface area (Å²) < 4.78 is 5.31. The fraction of sp³-hybridized carbons (Fsp3) is 0. The highest BCUT2D eigenvalue weighted by Crippen LogP contribution is 2.45. The summed E-state index contributed by atoms with van der Waals surface area (Å²) in [6.07, 6.45) is 0. The molecule has 55 heavy (non-hydrogen) atoms. The first-order valence-corrected chi connectivity index (χ1v) is 20.3. The summed E-state index contributed by atoms with van der Waals surface area (Å²) in [6, 6.07) is 73.3. The Morgan fingerprint density at radius 1 is 0.309 bits per heavy atom. The third kappa shape index (κ3) is 5.43. The van der Waals surface area contributed by atoms with Crippen molar-refractivity contribution in [3.63, 3.8) is 0 Å². The molecule has 0 bridgehead atoms. The molecule has 0 aliphatic carbocycles. The Bertz CT molecular complexity index is 3190. The maximum atomic E-state index is 2.39. The van der Waals surface area contributed by atoms with E-state index in [9.17, 15) is 0 Å². The van der Waals surface area contributed by atoms with Gasteiger partial charge in [-0.1, -0.05) is 146 Å². The van der Waals surface area contributed by atoms with E-state index in [1.807, 2.05) is 22.7 Å². The lowest BCUT2D eigenvalue weighted by Gasteiger charge is -2.26. The van der Waals surface area contributed by atoms with Gasteiger partial charge in [-0.25, -0.2) is 0 Å². The van der Waals surface area contributed by atoms with Gasteiger partial charge < -0.3 is 4.90 Å². The molecule has 0 N–H and O–H groups in total. The molecule has 0 saturated heterocycles. The summed E-state index contributed by atoms with van der Waals surface area (Å²) in [7, 11) is 0. The van der Waals surface area contributed by atoms with Gasteiger partial charge >= 0.3 is 0 Å². The van der Waals surface area contributed by atoms with Crippen LogP contribution in [0.25, 0.3) is 84.5 Å². The number of hydrogen-bond donors (Lipinski definition) is 0. The zero-order valence-electron chi connectivity index (χ0n) is 29.8. The predicted octanol–water partition coefficient (Wildman–Crippen LogP) is 16.0. The van der Waals surface area contributed by atoms with Gasteiger partial charge in [-0.05, 0) is 98.8 Å². The summed E-state index contributed by atoms with van der Waals surface area (Å²) in [5, 5.41) is 7.90. The lowest BCUT2D eigenvalue weighted by atomic mass is 9.97. The topological polar surface area (TPSA) is 3.24 Å². The van der Waals surface area contributed by atoms with Crippen LogP contribution in [0.15, 0.2) is 200 Å². The van der Waals surface area contributed by atoms with E-state index < -0.39 is 0 Å². The smallest absolute Gasteiger partial charge is 0.0467 e. The van der Waals surface area contributed by atoms with Crippen molar-refractivity contribution >= 4 is 90.9 Å². The molecule has 11 aromatic rings. The third-order valence-corrected chi connectivity index (χ3v) is 13.2. The molecule has 0 aliphatic rings. The summed E-state index contributed by atoms with van der Waals surface area (Å²) in [4.78, 5) is 2.39. The fourth-order valence-electron chi connectivity index (χ4n) is 8.29. The molecule has 2 heterocycles. The molecule has 0 unspecified atom stereocenters. The Morgan fingerprint density at radius 3 is 1.65 bits per heavy atom. The van der Waals surface area contributed by atoms with Crippen molar-refractivity contribution in [2.75, 3.05) is 4.90 Å². The highest BCUT2D eigenvalue weighted by molar-refractivity contribution is 7.27. The minimum atomic E-state index is 1.11.